The van der Waals surface area contributed by atoms with E-state index in [9.17, 15) is 8.42 Å². The van der Waals surface area contributed by atoms with Crippen molar-refractivity contribution < 1.29 is 8.42 Å². The second kappa shape index (κ2) is 4.60. The van der Waals surface area contributed by atoms with Crippen molar-refractivity contribution in [3.05, 3.63) is 39.0 Å². The first kappa shape index (κ1) is 14.6. The molecule has 0 spiro atoms. The number of anilines is 1. The van der Waals surface area contributed by atoms with Gasteiger partial charge in [-0.2, -0.15) is 0 Å². The molecule has 7 heteroatoms. The van der Waals surface area contributed by atoms with Crippen LogP contribution in [0, 0.1) is 5.92 Å². The summed E-state index contributed by atoms with van der Waals surface area (Å²) in [6, 6.07) is 0. The number of alkyl halides is 1. The third-order valence-electron chi connectivity index (χ3n) is 4.06. The van der Waals surface area contributed by atoms with Crippen LogP contribution in [-0.4, -0.2) is 20.2 Å². The summed E-state index contributed by atoms with van der Waals surface area (Å²) in [5.41, 5.74) is 0.660. The molecule has 0 amide bonds. The minimum absolute atomic E-state index is 0.284. The van der Waals surface area contributed by atoms with Gasteiger partial charge in [0.1, 0.15) is 4.75 Å². The lowest BCUT2D eigenvalue weighted by atomic mass is 9.85. The standard InChI is InChI=1S/C13H13BrClNO2S2/c1-13-6-4-3-5-8(13)10(15)12-11(9(14)7-19-12)16(2)20(13,17)18/h3-8,10H,1-2H3. The van der Waals surface area contributed by atoms with Crippen LogP contribution in [0.5, 0.6) is 0 Å². The van der Waals surface area contributed by atoms with Gasteiger partial charge in [0.15, 0.2) is 0 Å². The maximum atomic E-state index is 13.0. The summed E-state index contributed by atoms with van der Waals surface area (Å²) >= 11 is 11.6. The van der Waals surface area contributed by atoms with Crippen molar-refractivity contribution in [1.82, 2.24) is 0 Å². The van der Waals surface area contributed by atoms with Crippen LogP contribution in [0.3, 0.4) is 0 Å². The third kappa shape index (κ3) is 1.71. The molecule has 0 aromatic carbocycles. The highest BCUT2D eigenvalue weighted by atomic mass is 79.9. The number of hydrogen-bond donors (Lipinski definition) is 0. The Morgan fingerprint density at radius 3 is 2.85 bits per heavy atom. The molecule has 3 atom stereocenters. The molecule has 0 N–H and O–H groups in total. The van der Waals surface area contributed by atoms with Gasteiger partial charge in [-0.1, -0.05) is 24.3 Å². The fourth-order valence-corrected chi connectivity index (χ4v) is 7.36. The first-order chi connectivity index (χ1) is 9.30. The Balaban J connectivity index is 2.34. The fourth-order valence-electron chi connectivity index (χ4n) is 2.80. The third-order valence-corrected chi connectivity index (χ3v) is 9.07. The molecule has 0 bridgehead atoms. The van der Waals surface area contributed by atoms with E-state index in [-0.39, 0.29) is 11.3 Å². The number of halogens is 2. The van der Waals surface area contributed by atoms with E-state index in [4.69, 9.17) is 11.6 Å². The minimum atomic E-state index is -3.55. The zero-order valence-electron chi connectivity index (χ0n) is 10.9. The van der Waals surface area contributed by atoms with Crippen LogP contribution < -0.4 is 4.31 Å². The summed E-state index contributed by atoms with van der Waals surface area (Å²) < 4.78 is 27.1. The van der Waals surface area contributed by atoms with Crippen LogP contribution in [0.2, 0.25) is 0 Å². The van der Waals surface area contributed by atoms with E-state index in [1.165, 1.54) is 15.6 Å². The van der Waals surface area contributed by atoms with Gasteiger partial charge in [0.2, 0.25) is 10.0 Å². The number of rotatable bonds is 0. The second-order valence-corrected chi connectivity index (χ2v) is 9.74. The van der Waals surface area contributed by atoms with Crippen molar-refractivity contribution in [3.8, 4) is 0 Å². The van der Waals surface area contributed by atoms with Crippen LogP contribution in [0.25, 0.3) is 0 Å². The van der Waals surface area contributed by atoms with Crippen molar-refractivity contribution in [2.45, 2.75) is 17.0 Å². The van der Waals surface area contributed by atoms with Gasteiger partial charge >= 0.3 is 0 Å². The van der Waals surface area contributed by atoms with Gasteiger partial charge < -0.3 is 0 Å². The molecule has 3 unspecified atom stereocenters. The lowest BCUT2D eigenvalue weighted by Crippen LogP contribution is -2.48. The van der Waals surface area contributed by atoms with E-state index in [1.807, 2.05) is 17.5 Å². The Kier molecular flexibility index (Phi) is 3.36. The largest absolute Gasteiger partial charge is 0.270 e. The van der Waals surface area contributed by atoms with E-state index >= 15 is 0 Å². The van der Waals surface area contributed by atoms with Gasteiger partial charge in [0.05, 0.1) is 15.5 Å². The molecule has 1 aromatic heterocycles. The molecule has 1 aromatic rings. The Morgan fingerprint density at radius 1 is 1.45 bits per heavy atom. The van der Waals surface area contributed by atoms with Gasteiger partial charge in [0.25, 0.3) is 0 Å². The molecule has 1 aliphatic carbocycles. The number of nitrogens with zero attached hydrogens (tertiary/aromatic N) is 1. The molecule has 0 saturated carbocycles. The summed E-state index contributed by atoms with van der Waals surface area (Å²) in [6.07, 6.45) is 7.28. The van der Waals surface area contributed by atoms with Gasteiger partial charge in [-0.15, -0.1) is 22.9 Å². The zero-order chi connectivity index (χ0) is 14.7. The van der Waals surface area contributed by atoms with Crippen LogP contribution in [0.15, 0.2) is 34.2 Å². The average Bonchev–Trinajstić information content (AvgIpc) is 2.77. The van der Waals surface area contributed by atoms with Gasteiger partial charge in [-0.3, -0.25) is 4.31 Å². The Labute approximate surface area is 136 Å². The SMILES string of the molecule is CN1c2c(Br)csc2C(Cl)C2C=CC=CC2(C)S1(=O)=O. The van der Waals surface area contributed by atoms with Gasteiger partial charge in [0, 0.05) is 23.2 Å². The highest BCUT2D eigenvalue weighted by Gasteiger charge is 2.53. The summed E-state index contributed by atoms with van der Waals surface area (Å²) in [4.78, 5) is 0.887. The summed E-state index contributed by atoms with van der Waals surface area (Å²) in [5, 5.41) is 1.52. The maximum absolute atomic E-state index is 13.0. The van der Waals surface area contributed by atoms with E-state index in [1.54, 1.807) is 26.1 Å². The van der Waals surface area contributed by atoms with E-state index in [2.05, 4.69) is 15.9 Å². The normalized spacial score (nSPS) is 34.5. The molecule has 0 saturated heterocycles. The molecule has 0 fully saturated rings. The summed E-state index contributed by atoms with van der Waals surface area (Å²) in [5.74, 6) is -0.284. The van der Waals surface area contributed by atoms with E-state index < -0.39 is 14.8 Å². The first-order valence-electron chi connectivity index (χ1n) is 6.06. The number of allylic oxidation sites excluding steroid dienone is 3. The predicted octanol–water partition coefficient (Wildman–Crippen LogP) is 4.07. The smallest absolute Gasteiger partial charge is 0.244 e. The van der Waals surface area contributed by atoms with Gasteiger partial charge in [-0.25, -0.2) is 8.42 Å². The fraction of sp³-hybridized carbons (Fsp3) is 0.385. The van der Waals surface area contributed by atoms with Crippen LogP contribution in [0.4, 0.5) is 5.69 Å². The predicted molar refractivity (Wildman–Crippen MR) is 88.1 cm³/mol. The topological polar surface area (TPSA) is 37.4 Å². The molecule has 0 radical (unpaired) electrons. The van der Waals surface area contributed by atoms with Crippen LogP contribution >= 0.6 is 38.9 Å². The highest BCUT2D eigenvalue weighted by Crippen LogP contribution is 2.54. The summed E-state index contributed by atoms with van der Waals surface area (Å²) in [7, 11) is -1.96. The maximum Gasteiger partial charge on any atom is 0.244 e. The Bertz CT molecular complexity index is 725. The second-order valence-electron chi connectivity index (χ2n) is 5.12. The van der Waals surface area contributed by atoms with Crippen molar-refractivity contribution in [3.63, 3.8) is 0 Å². The minimum Gasteiger partial charge on any atom is -0.270 e. The molecule has 108 valence electrons. The zero-order valence-corrected chi connectivity index (χ0v) is 14.9. The number of fused-ring (bicyclic) bond motifs is 2. The highest BCUT2D eigenvalue weighted by molar-refractivity contribution is 9.10. The quantitative estimate of drug-likeness (QED) is 0.622. The monoisotopic (exact) mass is 393 g/mol. The number of thiophene rings is 1. The molecule has 3 nitrogen and oxygen atoms in total. The van der Waals surface area contributed by atoms with Crippen molar-refractivity contribution >= 4 is 54.6 Å². The van der Waals surface area contributed by atoms with E-state index in [0.29, 0.717) is 5.69 Å². The molecular weight excluding hydrogens is 382 g/mol. The van der Waals surface area contributed by atoms with Crippen molar-refractivity contribution in [2.24, 2.45) is 5.92 Å². The lowest BCUT2D eigenvalue weighted by Gasteiger charge is -2.36. The van der Waals surface area contributed by atoms with Crippen LogP contribution in [-0.2, 0) is 10.0 Å². The summed E-state index contributed by atoms with van der Waals surface area (Å²) in [6.45, 7) is 1.74. The first-order valence-corrected chi connectivity index (χ1v) is 9.61. The Morgan fingerprint density at radius 2 is 2.15 bits per heavy atom. The van der Waals surface area contributed by atoms with Crippen LogP contribution in [0.1, 0.15) is 17.2 Å². The molecule has 2 heterocycles. The lowest BCUT2D eigenvalue weighted by molar-refractivity contribution is 0.486. The number of hydrogen-bond acceptors (Lipinski definition) is 3. The number of sulfonamides is 1. The average molecular weight is 395 g/mol. The molecular formula is C13H13BrClNO2S2. The molecule has 1 aliphatic heterocycles. The van der Waals surface area contributed by atoms with E-state index in [0.717, 1.165) is 9.35 Å². The molecule has 3 rings (SSSR count). The van der Waals surface area contributed by atoms with Crippen molar-refractivity contribution in [2.75, 3.05) is 11.4 Å². The van der Waals surface area contributed by atoms with Crippen molar-refractivity contribution in [1.29, 1.82) is 0 Å². The Hall–Kier alpha value is -0.300. The molecule has 20 heavy (non-hydrogen) atoms. The van der Waals surface area contributed by atoms with Gasteiger partial charge in [-0.05, 0) is 22.9 Å². The molecule has 2 aliphatic rings.